The maximum atomic E-state index is 14.0. The van der Waals surface area contributed by atoms with Crippen molar-refractivity contribution in [3.05, 3.63) is 23.8 Å². The fraction of sp³-hybridized carbons (Fsp3) is 0.680. The number of ether oxygens (including phenoxy) is 2. The topological polar surface area (TPSA) is 59.1 Å². The van der Waals surface area contributed by atoms with Crippen molar-refractivity contribution in [3.63, 3.8) is 0 Å². The summed E-state index contributed by atoms with van der Waals surface area (Å²) in [5.41, 5.74) is 0.819. The zero-order valence-corrected chi connectivity index (χ0v) is 19.0. The molecule has 3 aliphatic rings. The summed E-state index contributed by atoms with van der Waals surface area (Å²) in [7, 11) is 3.21. The van der Waals surface area contributed by atoms with E-state index in [1.165, 1.54) is 19.3 Å². The Balaban J connectivity index is 1.71. The van der Waals surface area contributed by atoms with Gasteiger partial charge in [-0.3, -0.25) is 9.59 Å². The first-order valence-electron chi connectivity index (χ1n) is 12.0. The van der Waals surface area contributed by atoms with Crippen molar-refractivity contribution in [1.29, 1.82) is 0 Å². The monoisotopic (exact) mass is 428 g/mol. The first-order chi connectivity index (χ1) is 15.1. The highest BCUT2D eigenvalue weighted by Gasteiger charge is 2.45. The summed E-state index contributed by atoms with van der Waals surface area (Å²) in [6, 6.07) is 5.38. The third-order valence-electron chi connectivity index (χ3n) is 7.35. The van der Waals surface area contributed by atoms with Crippen LogP contribution in [0.15, 0.2) is 18.2 Å². The normalized spacial score (nSPS) is 24.3. The van der Waals surface area contributed by atoms with Gasteiger partial charge in [-0.25, -0.2) is 0 Å². The van der Waals surface area contributed by atoms with E-state index in [1.54, 1.807) is 14.2 Å². The molecule has 0 N–H and O–H groups in total. The van der Waals surface area contributed by atoms with E-state index in [0.29, 0.717) is 11.5 Å². The number of benzene rings is 1. The number of amides is 2. The lowest BCUT2D eigenvalue weighted by Gasteiger charge is -2.47. The molecule has 0 radical (unpaired) electrons. The summed E-state index contributed by atoms with van der Waals surface area (Å²) < 4.78 is 10.9. The smallest absolute Gasteiger partial charge is 0.250 e. The van der Waals surface area contributed by atoms with E-state index in [0.717, 1.165) is 56.9 Å². The summed E-state index contributed by atoms with van der Waals surface area (Å²) in [6.07, 6.45) is 12.1. The van der Waals surface area contributed by atoms with Gasteiger partial charge in [0.15, 0.2) is 11.5 Å². The average Bonchev–Trinajstić information content (AvgIpc) is 3.09. The van der Waals surface area contributed by atoms with E-state index in [2.05, 4.69) is 0 Å². The number of rotatable bonds is 5. The molecular weight excluding hydrogens is 392 g/mol. The minimum Gasteiger partial charge on any atom is -0.493 e. The van der Waals surface area contributed by atoms with Crippen LogP contribution in [0.25, 0.3) is 0 Å². The quantitative estimate of drug-likeness (QED) is 0.649. The molecule has 31 heavy (non-hydrogen) atoms. The zero-order valence-electron chi connectivity index (χ0n) is 19.0. The molecule has 1 saturated heterocycles. The van der Waals surface area contributed by atoms with Crippen LogP contribution in [0, 0.1) is 0 Å². The molecule has 6 nitrogen and oxygen atoms in total. The molecule has 3 fully saturated rings. The molecule has 4 rings (SSSR count). The van der Waals surface area contributed by atoms with Crippen LogP contribution < -0.4 is 9.47 Å². The number of hydrogen-bond acceptors (Lipinski definition) is 4. The molecule has 0 spiro atoms. The van der Waals surface area contributed by atoms with Crippen LogP contribution in [-0.4, -0.2) is 54.5 Å². The number of nitrogens with zero attached hydrogens (tertiary/aromatic N) is 2. The summed E-state index contributed by atoms with van der Waals surface area (Å²) in [5.74, 6) is 1.39. The molecule has 1 aromatic rings. The van der Waals surface area contributed by atoms with Crippen molar-refractivity contribution in [3.8, 4) is 11.5 Å². The van der Waals surface area contributed by atoms with E-state index in [-0.39, 0.29) is 30.4 Å². The summed E-state index contributed by atoms with van der Waals surface area (Å²) in [5, 5.41) is 0. The van der Waals surface area contributed by atoms with Gasteiger partial charge in [0.25, 0.3) is 5.91 Å². The number of piperazine rings is 1. The number of hydrogen-bond donors (Lipinski definition) is 0. The van der Waals surface area contributed by atoms with E-state index in [4.69, 9.17) is 9.47 Å². The fourth-order valence-corrected chi connectivity index (χ4v) is 5.70. The maximum absolute atomic E-state index is 14.0. The molecule has 1 atom stereocenters. The largest absolute Gasteiger partial charge is 0.493 e. The lowest BCUT2D eigenvalue weighted by Crippen LogP contribution is -2.60. The van der Waals surface area contributed by atoms with E-state index in [1.807, 2.05) is 28.0 Å². The molecule has 1 heterocycles. The predicted molar refractivity (Wildman–Crippen MR) is 119 cm³/mol. The summed E-state index contributed by atoms with van der Waals surface area (Å²) >= 11 is 0. The van der Waals surface area contributed by atoms with Crippen LogP contribution in [0.3, 0.4) is 0 Å². The lowest BCUT2D eigenvalue weighted by atomic mass is 9.89. The molecule has 2 amide bonds. The van der Waals surface area contributed by atoms with Gasteiger partial charge in [0.05, 0.1) is 14.2 Å². The number of carbonyl (C=O) groups excluding carboxylic acids is 2. The van der Waals surface area contributed by atoms with Crippen molar-refractivity contribution < 1.29 is 19.1 Å². The van der Waals surface area contributed by atoms with Gasteiger partial charge in [0.2, 0.25) is 5.91 Å². The molecule has 2 aliphatic carbocycles. The Morgan fingerprint density at radius 3 is 1.97 bits per heavy atom. The van der Waals surface area contributed by atoms with Crippen LogP contribution in [0.2, 0.25) is 0 Å². The van der Waals surface area contributed by atoms with E-state index >= 15 is 0 Å². The Labute approximate surface area is 185 Å². The lowest BCUT2D eigenvalue weighted by molar-refractivity contribution is -0.162. The third-order valence-corrected chi connectivity index (χ3v) is 7.35. The van der Waals surface area contributed by atoms with Gasteiger partial charge in [-0.05, 0) is 43.4 Å². The van der Waals surface area contributed by atoms with Gasteiger partial charge in [0.1, 0.15) is 12.6 Å². The highest BCUT2D eigenvalue weighted by Crippen LogP contribution is 2.39. The van der Waals surface area contributed by atoms with E-state index < -0.39 is 6.04 Å². The predicted octanol–water partition coefficient (Wildman–Crippen LogP) is 4.47. The van der Waals surface area contributed by atoms with Crippen molar-refractivity contribution in [1.82, 2.24) is 9.80 Å². The van der Waals surface area contributed by atoms with Crippen molar-refractivity contribution >= 4 is 11.8 Å². The Bertz CT molecular complexity index is 782. The molecule has 2 saturated carbocycles. The molecule has 0 aromatic heterocycles. The first-order valence-corrected chi connectivity index (χ1v) is 12.0. The van der Waals surface area contributed by atoms with Gasteiger partial charge in [-0.15, -0.1) is 0 Å². The Hall–Kier alpha value is -2.24. The highest BCUT2D eigenvalue weighted by atomic mass is 16.5. The van der Waals surface area contributed by atoms with Gasteiger partial charge < -0.3 is 19.3 Å². The second-order valence-corrected chi connectivity index (χ2v) is 9.22. The Morgan fingerprint density at radius 2 is 1.35 bits per heavy atom. The number of carbonyl (C=O) groups is 2. The minimum absolute atomic E-state index is 0.0734. The molecule has 6 heteroatoms. The van der Waals surface area contributed by atoms with Crippen LogP contribution in [0.1, 0.15) is 82.2 Å². The molecule has 0 bridgehead atoms. The summed E-state index contributed by atoms with van der Waals surface area (Å²) in [6.45, 7) is 0.226. The van der Waals surface area contributed by atoms with Gasteiger partial charge in [-0.1, -0.05) is 51.0 Å². The zero-order chi connectivity index (χ0) is 21.8. The molecule has 1 aliphatic heterocycles. The molecule has 1 aromatic carbocycles. The van der Waals surface area contributed by atoms with Crippen LogP contribution >= 0.6 is 0 Å². The average molecular weight is 429 g/mol. The van der Waals surface area contributed by atoms with E-state index in [9.17, 15) is 9.59 Å². The summed E-state index contributed by atoms with van der Waals surface area (Å²) in [4.78, 5) is 31.3. The SMILES string of the molecule is COc1ccc(C2C(=O)N(C3CCCCCC3)CC(=O)N2C2CCCCC2)cc1OC. The maximum Gasteiger partial charge on any atom is 0.250 e. The first kappa shape index (κ1) is 22.0. The van der Waals surface area contributed by atoms with Crippen molar-refractivity contribution in [2.45, 2.75) is 88.8 Å². The van der Waals surface area contributed by atoms with Crippen LogP contribution in [0.4, 0.5) is 0 Å². The fourth-order valence-electron chi connectivity index (χ4n) is 5.70. The number of methoxy groups -OCH3 is 2. The second-order valence-electron chi connectivity index (χ2n) is 9.22. The standard InChI is InChI=1S/C25H36N2O4/c1-30-21-15-14-18(16-22(21)31-2)24-25(29)26(19-10-6-3-4-7-11-19)17-23(28)27(24)20-12-8-5-9-13-20/h14-16,19-20,24H,3-13,17H2,1-2H3. The van der Waals surface area contributed by atoms with Crippen LogP contribution in [-0.2, 0) is 9.59 Å². The molecule has 170 valence electrons. The molecule has 1 unspecified atom stereocenters. The van der Waals surface area contributed by atoms with Gasteiger partial charge >= 0.3 is 0 Å². The third kappa shape index (κ3) is 4.53. The van der Waals surface area contributed by atoms with Crippen molar-refractivity contribution in [2.75, 3.05) is 20.8 Å². The van der Waals surface area contributed by atoms with Crippen LogP contribution in [0.5, 0.6) is 11.5 Å². The molecular formula is C25H36N2O4. The second kappa shape index (κ2) is 9.92. The Kier molecular flexibility index (Phi) is 7.03. The Morgan fingerprint density at radius 1 is 0.774 bits per heavy atom. The van der Waals surface area contributed by atoms with Gasteiger partial charge in [0, 0.05) is 12.1 Å². The van der Waals surface area contributed by atoms with Crippen molar-refractivity contribution in [2.24, 2.45) is 0 Å². The highest BCUT2D eigenvalue weighted by molar-refractivity contribution is 5.96. The van der Waals surface area contributed by atoms with Gasteiger partial charge in [-0.2, -0.15) is 0 Å². The minimum atomic E-state index is -0.576.